The van der Waals surface area contributed by atoms with Gasteiger partial charge in [0.2, 0.25) is 5.71 Å². The van der Waals surface area contributed by atoms with E-state index in [2.05, 4.69) is 0 Å². The third-order valence-electron chi connectivity index (χ3n) is 5.69. The lowest BCUT2D eigenvalue weighted by atomic mass is 9.86. The van der Waals surface area contributed by atoms with E-state index in [0.29, 0.717) is 23.4 Å². The number of benzene rings is 2. The molecule has 0 unspecified atom stereocenters. The van der Waals surface area contributed by atoms with E-state index >= 15 is 0 Å². The van der Waals surface area contributed by atoms with Crippen LogP contribution in [0.25, 0.3) is 0 Å². The van der Waals surface area contributed by atoms with Gasteiger partial charge in [0, 0.05) is 38.6 Å². The first-order valence-electron chi connectivity index (χ1n) is 9.78. The Bertz CT molecular complexity index is 1100. The summed E-state index contributed by atoms with van der Waals surface area (Å²) < 4.78 is 45.1. The Hall–Kier alpha value is -1.90. The molecule has 0 bridgehead atoms. The second kappa shape index (κ2) is 8.47. The Morgan fingerprint density at radius 2 is 1.88 bits per heavy atom. The second-order valence-electron chi connectivity index (χ2n) is 8.00. The topological polar surface area (TPSA) is 49.5 Å². The maximum Gasteiger partial charge on any atom is 0.440 e. The Morgan fingerprint density at radius 1 is 1.22 bits per heavy atom. The summed E-state index contributed by atoms with van der Waals surface area (Å²) >= 11 is 13.8. The molecule has 0 saturated carbocycles. The molecule has 2 aliphatic heterocycles. The second-order valence-corrected chi connectivity index (χ2v) is 9.94. The molecule has 1 atom stereocenters. The fourth-order valence-electron chi connectivity index (χ4n) is 3.96. The van der Waals surface area contributed by atoms with Crippen LogP contribution in [0.15, 0.2) is 36.4 Å². The number of aromatic carboxylic acids is 1. The number of hydrogen-bond donors (Lipinski definition) is 1. The number of hydroxylamine groups is 1. The van der Waals surface area contributed by atoms with Crippen LogP contribution in [0.4, 0.5) is 13.2 Å². The molecule has 1 N–H and O–H groups in total. The predicted molar refractivity (Wildman–Crippen MR) is 118 cm³/mol. The molecule has 1 saturated heterocycles. The summed E-state index contributed by atoms with van der Waals surface area (Å²) in [6.07, 6.45) is -5.25. The molecule has 2 aromatic carbocycles. The molecule has 32 heavy (non-hydrogen) atoms. The van der Waals surface area contributed by atoms with Gasteiger partial charge in [0.1, 0.15) is 0 Å². The number of hydrogen-bond acceptors (Lipinski definition) is 3. The average Bonchev–Trinajstić information content (AvgIpc) is 3.04. The normalized spacial score (nSPS) is 21.4. The van der Waals surface area contributed by atoms with Gasteiger partial charge in [0.05, 0.1) is 12.0 Å². The molecule has 2 aromatic rings. The summed E-state index contributed by atoms with van der Waals surface area (Å²) in [5.41, 5.74) is -1.46. The highest BCUT2D eigenvalue weighted by Crippen LogP contribution is 2.50. The van der Waals surface area contributed by atoms with Gasteiger partial charge < -0.3 is 5.11 Å². The SMILES string of the molecule is Cc1cc(C2=[N+](CC3CSC3)O[C@@](c3cc(Cl)cc(Cl)c3)(C(F)(F)F)C2)ccc1C(=O)O. The highest BCUT2D eigenvalue weighted by Gasteiger charge is 2.67. The van der Waals surface area contributed by atoms with E-state index in [1.807, 2.05) is 0 Å². The fourth-order valence-corrected chi connectivity index (χ4v) is 5.26. The van der Waals surface area contributed by atoms with Gasteiger partial charge in [-0.05, 0) is 53.6 Å². The quantitative estimate of drug-likeness (QED) is 0.510. The van der Waals surface area contributed by atoms with Crippen molar-refractivity contribution in [3.63, 3.8) is 0 Å². The zero-order valence-electron chi connectivity index (χ0n) is 16.9. The molecular weight excluding hydrogens is 486 g/mol. The highest BCUT2D eigenvalue weighted by molar-refractivity contribution is 8.00. The van der Waals surface area contributed by atoms with Crippen LogP contribution in [-0.2, 0) is 10.4 Å². The van der Waals surface area contributed by atoms with Crippen LogP contribution in [-0.4, -0.2) is 45.8 Å². The summed E-state index contributed by atoms with van der Waals surface area (Å²) in [6.45, 7) is 1.91. The first kappa shape index (κ1) is 23.3. The standard InChI is InChI=1S/C22H18Cl2F3NO3S/c1-12-4-14(2-3-18(12)20(29)30)19-8-21(22(25,26)27,15-5-16(23)7-17(24)6-15)31-28(19)9-13-10-32-11-13/h2-7,13H,8-11H2,1H3/p+1/t21-/m0/s1. The number of thioether (sulfide) groups is 1. The number of carboxylic acids is 1. The minimum absolute atomic E-state index is 0.0803. The third kappa shape index (κ3) is 4.20. The number of rotatable bonds is 5. The predicted octanol–water partition coefficient (Wildman–Crippen LogP) is 5.96. The fraction of sp³-hybridized carbons (Fsp3) is 0.364. The minimum Gasteiger partial charge on any atom is -0.478 e. The Labute approximate surface area is 196 Å². The lowest BCUT2D eigenvalue weighted by Crippen LogP contribution is -2.44. The van der Waals surface area contributed by atoms with Gasteiger partial charge in [0.15, 0.2) is 6.54 Å². The van der Waals surface area contributed by atoms with Crippen molar-refractivity contribution in [2.24, 2.45) is 5.92 Å². The number of aryl methyl sites for hydroxylation is 1. The van der Waals surface area contributed by atoms with Crippen molar-refractivity contribution in [1.29, 1.82) is 0 Å². The van der Waals surface area contributed by atoms with E-state index in [9.17, 15) is 23.1 Å². The number of carbonyl (C=O) groups is 1. The van der Waals surface area contributed by atoms with Crippen molar-refractivity contribution in [2.75, 3.05) is 18.1 Å². The van der Waals surface area contributed by atoms with Crippen LogP contribution >= 0.6 is 35.0 Å². The van der Waals surface area contributed by atoms with Crippen molar-refractivity contribution < 1.29 is 32.6 Å². The molecule has 2 heterocycles. The summed E-state index contributed by atoms with van der Waals surface area (Å²) in [6, 6.07) is 8.33. The molecular formula is C22H19Cl2F3NO3S+. The molecule has 0 aromatic heterocycles. The lowest BCUT2D eigenvalue weighted by molar-refractivity contribution is -0.809. The maximum atomic E-state index is 14.6. The minimum atomic E-state index is -4.76. The van der Waals surface area contributed by atoms with Gasteiger partial charge in [-0.3, -0.25) is 4.84 Å². The molecule has 170 valence electrons. The molecule has 0 radical (unpaired) electrons. The molecule has 4 nitrogen and oxygen atoms in total. The number of halogens is 5. The maximum absolute atomic E-state index is 14.6. The average molecular weight is 505 g/mol. The summed E-state index contributed by atoms with van der Waals surface area (Å²) in [5, 5.41) is 9.47. The van der Waals surface area contributed by atoms with E-state index in [1.165, 1.54) is 35.1 Å². The zero-order valence-corrected chi connectivity index (χ0v) is 19.2. The van der Waals surface area contributed by atoms with Crippen molar-refractivity contribution in [3.8, 4) is 0 Å². The van der Waals surface area contributed by atoms with Crippen LogP contribution in [0, 0.1) is 12.8 Å². The van der Waals surface area contributed by atoms with Crippen molar-refractivity contribution >= 4 is 46.6 Å². The summed E-state index contributed by atoms with van der Waals surface area (Å²) in [5.74, 6) is 0.780. The molecule has 4 rings (SSSR count). The van der Waals surface area contributed by atoms with Gasteiger partial charge in [0.25, 0.3) is 0 Å². The Kier molecular flexibility index (Phi) is 6.15. The van der Waals surface area contributed by atoms with Gasteiger partial charge in [-0.15, -0.1) is 0 Å². The van der Waals surface area contributed by atoms with E-state index in [1.54, 1.807) is 24.8 Å². The van der Waals surface area contributed by atoms with Crippen LogP contribution in [0.3, 0.4) is 0 Å². The van der Waals surface area contributed by atoms with Crippen LogP contribution < -0.4 is 0 Å². The highest BCUT2D eigenvalue weighted by atomic mass is 35.5. The van der Waals surface area contributed by atoms with E-state index in [-0.39, 0.29) is 27.1 Å². The van der Waals surface area contributed by atoms with Gasteiger partial charge in [-0.1, -0.05) is 23.2 Å². The van der Waals surface area contributed by atoms with E-state index in [4.69, 9.17) is 28.0 Å². The van der Waals surface area contributed by atoms with Gasteiger partial charge >= 0.3 is 17.7 Å². The summed E-state index contributed by atoms with van der Waals surface area (Å²) in [7, 11) is 0. The largest absolute Gasteiger partial charge is 0.478 e. The monoisotopic (exact) mass is 504 g/mol. The first-order chi connectivity index (χ1) is 15.0. The van der Waals surface area contributed by atoms with E-state index < -0.39 is 24.2 Å². The van der Waals surface area contributed by atoms with Crippen molar-refractivity contribution in [1.82, 2.24) is 0 Å². The molecule has 0 amide bonds. The number of nitrogens with zero attached hydrogens (tertiary/aromatic N) is 1. The van der Waals surface area contributed by atoms with Gasteiger partial charge in [-0.25, -0.2) is 4.79 Å². The molecule has 10 heteroatoms. The van der Waals surface area contributed by atoms with E-state index in [0.717, 1.165) is 11.5 Å². The Morgan fingerprint density at radius 3 is 2.38 bits per heavy atom. The number of alkyl halides is 3. The zero-order chi connectivity index (χ0) is 23.3. The third-order valence-corrected chi connectivity index (χ3v) is 7.54. The Balaban J connectivity index is 1.83. The van der Waals surface area contributed by atoms with Crippen LogP contribution in [0.2, 0.25) is 10.0 Å². The molecule has 0 aliphatic carbocycles. The smallest absolute Gasteiger partial charge is 0.440 e. The van der Waals surface area contributed by atoms with Crippen LogP contribution in [0.1, 0.15) is 33.5 Å². The number of carboxylic acid groups (broad SMARTS) is 1. The summed E-state index contributed by atoms with van der Waals surface area (Å²) in [4.78, 5) is 17.1. The van der Waals surface area contributed by atoms with Crippen LogP contribution in [0.5, 0.6) is 0 Å². The van der Waals surface area contributed by atoms with Gasteiger partial charge in [-0.2, -0.15) is 24.9 Å². The van der Waals surface area contributed by atoms with Crippen molar-refractivity contribution in [3.05, 3.63) is 68.7 Å². The lowest BCUT2D eigenvalue weighted by Gasteiger charge is -2.28. The molecule has 2 aliphatic rings. The molecule has 1 fully saturated rings. The van der Waals surface area contributed by atoms with Crippen molar-refractivity contribution in [2.45, 2.75) is 25.1 Å². The first-order valence-corrected chi connectivity index (χ1v) is 11.7. The molecule has 0 spiro atoms.